The maximum Gasteiger partial charge on any atom is 0.255 e. The highest BCUT2D eigenvalue weighted by Crippen LogP contribution is 2.36. The smallest absolute Gasteiger partial charge is 0.255 e. The number of phenolic OH excluding ortho intramolecular Hbond substituents is 1. The van der Waals surface area contributed by atoms with Crippen LogP contribution in [-0.2, 0) is 0 Å². The monoisotopic (exact) mass is 307 g/mol. The Morgan fingerprint density at radius 2 is 1.95 bits per heavy atom. The van der Waals surface area contributed by atoms with E-state index < -0.39 is 0 Å². The third kappa shape index (κ3) is 3.38. The van der Waals surface area contributed by atoms with E-state index in [2.05, 4.69) is 5.32 Å². The van der Waals surface area contributed by atoms with Crippen LogP contribution < -0.4 is 14.8 Å². The van der Waals surface area contributed by atoms with Gasteiger partial charge in [-0.05, 0) is 24.3 Å². The quantitative estimate of drug-likeness (QED) is 0.909. The van der Waals surface area contributed by atoms with Gasteiger partial charge in [0.1, 0.15) is 5.75 Å². The van der Waals surface area contributed by atoms with E-state index in [1.165, 1.54) is 38.5 Å². The molecule has 2 rings (SSSR count). The first-order chi connectivity index (χ1) is 10.0. The zero-order chi connectivity index (χ0) is 15.4. The Morgan fingerprint density at radius 1 is 1.19 bits per heavy atom. The van der Waals surface area contributed by atoms with Crippen LogP contribution >= 0.6 is 11.6 Å². The molecular formula is C15H14ClNO4. The van der Waals surface area contributed by atoms with E-state index >= 15 is 0 Å². The van der Waals surface area contributed by atoms with Crippen LogP contribution in [0.2, 0.25) is 5.02 Å². The summed E-state index contributed by atoms with van der Waals surface area (Å²) in [6, 6.07) is 9.28. The number of anilines is 1. The number of phenols is 1. The average Bonchev–Trinajstić information content (AvgIpc) is 2.46. The predicted octanol–water partition coefficient (Wildman–Crippen LogP) is 3.32. The summed E-state index contributed by atoms with van der Waals surface area (Å²) in [6.45, 7) is 0. The molecule has 0 fully saturated rings. The summed E-state index contributed by atoms with van der Waals surface area (Å²) in [5.41, 5.74) is 0.798. The second-order valence-corrected chi connectivity index (χ2v) is 4.61. The van der Waals surface area contributed by atoms with Gasteiger partial charge in [-0.25, -0.2) is 0 Å². The predicted molar refractivity (Wildman–Crippen MR) is 80.6 cm³/mol. The number of carbonyl (C=O) groups is 1. The SMILES string of the molecule is COc1cc(C(=O)Nc2cccc(O)c2)cc(Cl)c1OC. The summed E-state index contributed by atoms with van der Waals surface area (Å²) >= 11 is 6.06. The van der Waals surface area contributed by atoms with E-state index in [1.807, 2.05) is 0 Å². The molecule has 0 aliphatic heterocycles. The molecule has 2 aromatic rings. The van der Waals surface area contributed by atoms with Crippen LogP contribution in [0.4, 0.5) is 5.69 Å². The van der Waals surface area contributed by atoms with Crippen molar-refractivity contribution in [3.63, 3.8) is 0 Å². The summed E-state index contributed by atoms with van der Waals surface area (Å²) in [6.07, 6.45) is 0. The standard InChI is InChI=1S/C15H14ClNO4/c1-20-13-7-9(6-12(16)14(13)21-2)15(19)17-10-4-3-5-11(18)8-10/h3-8,18H,1-2H3,(H,17,19). The highest BCUT2D eigenvalue weighted by molar-refractivity contribution is 6.32. The van der Waals surface area contributed by atoms with Gasteiger partial charge >= 0.3 is 0 Å². The van der Waals surface area contributed by atoms with Crippen molar-refractivity contribution >= 4 is 23.2 Å². The molecule has 0 aliphatic carbocycles. The molecule has 2 aromatic carbocycles. The summed E-state index contributed by atoms with van der Waals surface area (Å²) < 4.78 is 10.3. The van der Waals surface area contributed by atoms with E-state index in [-0.39, 0.29) is 16.7 Å². The largest absolute Gasteiger partial charge is 0.508 e. The number of hydrogen-bond acceptors (Lipinski definition) is 4. The first-order valence-electron chi connectivity index (χ1n) is 6.07. The lowest BCUT2D eigenvalue weighted by molar-refractivity contribution is 0.102. The van der Waals surface area contributed by atoms with Gasteiger partial charge in [-0.3, -0.25) is 4.79 Å². The minimum absolute atomic E-state index is 0.0677. The number of ether oxygens (including phenoxy) is 2. The van der Waals surface area contributed by atoms with Crippen LogP contribution in [0.1, 0.15) is 10.4 Å². The van der Waals surface area contributed by atoms with Gasteiger partial charge in [-0.1, -0.05) is 17.7 Å². The Balaban J connectivity index is 2.29. The lowest BCUT2D eigenvalue weighted by atomic mass is 10.1. The molecule has 0 heterocycles. The fourth-order valence-corrected chi connectivity index (χ4v) is 2.12. The number of methoxy groups -OCH3 is 2. The summed E-state index contributed by atoms with van der Waals surface area (Å²) in [7, 11) is 2.93. The number of aromatic hydroxyl groups is 1. The molecule has 0 aliphatic rings. The Kier molecular flexibility index (Phi) is 4.55. The molecule has 0 saturated heterocycles. The second kappa shape index (κ2) is 6.37. The molecule has 0 spiro atoms. The number of hydrogen-bond donors (Lipinski definition) is 2. The minimum Gasteiger partial charge on any atom is -0.508 e. The van der Waals surface area contributed by atoms with E-state index in [9.17, 15) is 9.90 Å². The highest BCUT2D eigenvalue weighted by atomic mass is 35.5. The van der Waals surface area contributed by atoms with Crippen LogP contribution in [0.5, 0.6) is 17.2 Å². The Labute approximate surface area is 127 Å². The molecule has 6 heteroatoms. The number of carbonyl (C=O) groups excluding carboxylic acids is 1. The number of amides is 1. The van der Waals surface area contributed by atoms with Gasteiger partial charge in [0.15, 0.2) is 11.5 Å². The van der Waals surface area contributed by atoms with Gasteiger partial charge in [-0.15, -0.1) is 0 Å². The molecule has 5 nitrogen and oxygen atoms in total. The molecule has 0 aromatic heterocycles. The van der Waals surface area contributed by atoms with Crippen molar-refractivity contribution in [1.29, 1.82) is 0 Å². The zero-order valence-electron chi connectivity index (χ0n) is 11.5. The zero-order valence-corrected chi connectivity index (χ0v) is 12.3. The Hall–Kier alpha value is -2.40. The van der Waals surface area contributed by atoms with Gasteiger partial charge in [0.25, 0.3) is 5.91 Å². The Morgan fingerprint density at radius 3 is 2.57 bits per heavy atom. The van der Waals surface area contributed by atoms with Crippen LogP contribution in [0.15, 0.2) is 36.4 Å². The van der Waals surface area contributed by atoms with Gasteiger partial charge in [0, 0.05) is 17.3 Å². The first-order valence-corrected chi connectivity index (χ1v) is 6.45. The third-order valence-corrected chi connectivity index (χ3v) is 3.08. The molecule has 0 saturated carbocycles. The van der Waals surface area contributed by atoms with Gasteiger partial charge in [0.2, 0.25) is 0 Å². The van der Waals surface area contributed by atoms with E-state index in [4.69, 9.17) is 21.1 Å². The summed E-state index contributed by atoms with van der Waals surface area (Å²) in [4.78, 5) is 12.2. The van der Waals surface area contributed by atoms with Crippen molar-refractivity contribution in [1.82, 2.24) is 0 Å². The highest BCUT2D eigenvalue weighted by Gasteiger charge is 2.15. The molecule has 0 bridgehead atoms. The number of halogens is 1. The van der Waals surface area contributed by atoms with E-state index in [0.29, 0.717) is 22.7 Å². The number of rotatable bonds is 4. The first kappa shape index (κ1) is 15.0. The minimum atomic E-state index is -0.372. The molecule has 0 unspecified atom stereocenters. The van der Waals surface area contributed by atoms with Crippen molar-refractivity contribution in [3.05, 3.63) is 47.0 Å². The maximum absolute atomic E-state index is 12.2. The van der Waals surface area contributed by atoms with Crippen LogP contribution in [0.25, 0.3) is 0 Å². The summed E-state index contributed by atoms with van der Waals surface area (Å²) in [5, 5.41) is 12.3. The number of nitrogens with one attached hydrogen (secondary N) is 1. The van der Waals surface area contributed by atoms with Crippen LogP contribution in [0.3, 0.4) is 0 Å². The van der Waals surface area contributed by atoms with Crippen LogP contribution in [0, 0.1) is 0 Å². The van der Waals surface area contributed by atoms with Gasteiger partial charge < -0.3 is 19.9 Å². The lowest BCUT2D eigenvalue weighted by Crippen LogP contribution is -2.12. The fourth-order valence-electron chi connectivity index (χ4n) is 1.84. The Bertz CT molecular complexity index is 673. The maximum atomic E-state index is 12.2. The fraction of sp³-hybridized carbons (Fsp3) is 0.133. The molecule has 0 atom stereocenters. The second-order valence-electron chi connectivity index (χ2n) is 4.20. The lowest BCUT2D eigenvalue weighted by Gasteiger charge is -2.12. The average molecular weight is 308 g/mol. The topological polar surface area (TPSA) is 67.8 Å². The molecule has 110 valence electrons. The summed E-state index contributed by atoms with van der Waals surface area (Å²) in [5.74, 6) is 0.431. The molecule has 1 amide bonds. The van der Waals surface area contributed by atoms with Crippen molar-refractivity contribution < 1.29 is 19.4 Å². The van der Waals surface area contributed by atoms with Crippen molar-refractivity contribution in [2.75, 3.05) is 19.5 Å². The third-order valence-electron chi connectivity index (χ3n) is 2.80. The van der Waals surface area contributed by atoms with Crippen molar-refractivity contribution in [2.45, 2.75) is 0 Å². The number of benzene rings is 2. The van der Waals surface area contributed by atoms with Crippen LogP contribution in [-0.4, -0.2) is 25.2 Å². The van der Waals surface area contributed by atoms with E-state index in [1.54, 1.807) is 12.1 Å². The van der Waals surface area contributed by atoms with Gasteiger partial charge in [0.05, 0.1) is 19.2 Å². The molecule has 0 radical (unpaired) electrons. The van der Waals surface area contributed by atoms with E-state index in [0.717, 1.165) is 0 Å². The van der Waals surface area contributed by atoms with Crippen molar-refractivity contribution in [3.8, 4) is 17.2 Å². The molecular weight excluding hydrogens is 294 g/mol. The normalized spacial score (nSPS) is 10.0. The molecule has 2 N–H and O–H groups in total. The molecule has 21 heavy (non-hydrogen) atoms. The van der Waals surface area contributed by atoms with Crippen molar-refractivity contribution in [2.24, 2.45) is 0 Å². The van der Waals surface area contributed by atoms with Gasteiger partial charge in [-0.2, -0.15) is 0 Å².